The lowest BCUT2D eigenvalue weighted by molar-refractivity contribution is -0.139. The van der Waals surface area contributed by atoms with Gasteiger partial charge in [0.2, 0.25) is 0 Å². The second-order valence-corrected chi connectivity index (χ2v) is 5.69. The number of ether oxygens (including phenoxy) is 1. The van der Waals surface area contributed by atoms with Crippen LogP contribution >= 0.6 is 0 Å². The van der Waals surface area contributed by atoms with Gasteiger partial charge in [-0.05, 0) is 21.0 Å². The van der Waals surface area contributed by atoms with Crippen molar-refractivity contribution in [2.24, 2.45) is 0 Å². The number of esters is 1. The van der Waals surface area contributed by atoms with Gasteiger partial charge in [0, 0.05) is 12.1 Å². The molecule has 13 heteroatoms. The van der Waals surface area contributed by atoms with Crippen molar-refractivity contribution in [3.8, 4) is 0 Å². The van der Waals surface area contributed by atoms with Gasteiger partial charge in [0.05, 0.1) is 0 Å². The fourth-order valence-electron chi connectivity index (χ4n) is 0.514. The van der Waals surface area contributed by atoms with Crippen LogP contribution in [0.15, 0.2) is 12.2 Å². The third-order valence-electron chi connectivity index (χ3n) is 1.32. The van der Waals surface area contributed by atoms with Crippen LogP contribution in [0.25, 0.3) is 0 Å². The first-order valence-corrected chi connectivity index (χ1v) is 7.77. The maximum absolute atomic E-state index is 10.8. The first-order valence-electron chi connectivity index (χ1n) is 5.04. The fourth-order valence-corrected chi connectivity index (χ4v) is 1.08. The van der Waals surface area contributed by atoms with Crippen molar-refractivity contribution in [3.63, 3.8) is 0 Å². The Hall–Kier alpha value is -1.09. The van der Waals surface area contributed by atoms with E-state index in [0.29, 0.717) is 12.2 Å². The summed E-state index contributed by atoms with van der Waals surface area (Å²) in [6, 6.07) is 0. The molecule has 0 spiro atoms. The summed E-state index contributed by atoms with van der Waals surface area (Å²) in [4.78, 5) is 12.7. The van der Waals surface area contributed by atoms with Crippen molar-refractivity contribution in [2.75, 3.05) is 27.2 Å². The molecule has 0 fully saturated rings. The Morgan fingerprint density at radius 1 is 1.10 bits per heavy atom. The van der Waals surface area contributed by atoms with Gasteiger partial charge < -0.3 is 9.64 Å². The SMILES string of the molecule is C=C(C)C(=O)OCCN(C)C.O=S(=O)(O)OOS(=O)(=O)O. The normalized spacial score (nSPS) is 11.5. The average molecular weight is 351 g/mol. The van der Waals surface area contributed by atoms with E-state index >= 15 is 0 Å². The molecule has 0 heterocycles. The lowest BCUT2D eigenvalue weighted by Gasteiger charge is -2.09. The highest BCUT2D eigenvalue weighted by atomic mass is 32.3. The van der Waals surface area contributed by atoms with Crippen LogP contribution in [-0.2, 0) is 39.0 Å². The van der Waals surface area contributed by atoms with Gasteiger partial charge in [0.1, 0.15) is 6.61 Å². The number of rotatable bonds is 7. The Morgan fingerprint density at radius 3 is 1.71 bits per heavy atom. The molecule has 0 aromatic carbocycles. The first-order chi connectivity index (χ1) is 9.24. The predicted octanol–water partition coefficient (Wildman–Crippen LogP) is -0.792. The highest BCUT2D eigenvalue weighted by Crippen LogP contribution is 1.92. The molecule has 0 radical (unpaired) electrons. The van der Waals surface area contributed by atoms with E-state index in [1.165, 1.54) is 0 Å². The van der Waals surface area contributed by atoms with Crippen LogP contribution in [-0.4, -0.2) is 64.1 Å². The summed E-state index contributed by atoms with van der Waals surface area (Å²) in [5.41, 5.74) is 0.448. The second-order valence-electron chi connectivity index (χ2n) is 3.71. The van der Waals surface area contributed by atoms with Gasteiger partial charge >= 0.3 is 26.8 Å². The van der Waals surface area contributed by atoms with Gasteiger partial charge in [0.15, 0.2) is 0 Å². The Kier molecular flexibility index (Phi) is 10.3. The monoisotopic (exact) mass is 351 g/mol. The molecule has 0 saturated heterocycles. The van der Waals surface area contributed by atoms with Crippen molar-refractivity contribution in [1.82, 2.24) is 4.90 Å². The molecule has 0 bridgehead atoms. The Labute approximate surface area is 122 Å². The molecule has 126 valence electrons. The molecule has 0 saturated carbocycles. The predicted molar refractivity (Wildman–Crippen MR) is 69.6 cm³/mol. The maximum atomic E-state index is 10.8. The molecular weight excluding hydrogens is 334 g/mol. The molecule has 2 N–H and O–H groups in total. The molecule has 0 aliphatic carbocycles. The number of hydrogen-bond acceptors (Lipinski definition) is 9. The van der Waals surface area contributed by atoms with Crippen LogP contribution in [0.5, 0.6) is 0 Å². The Bertz CT molecular complexity index is 503. The highest BCUT2D eigenvalue weighted by Gasteiger charge is 2.13. The summed E-state index contributed by atoms with van der Waals surface area (Å²) in [5.74, 6) is -0.313. The first kappa shape index (κ1) is 22.2. The van der Waals surface area contributed by atoms with E-state index in [1.54, 1.807) is 6.92 Å². The third-order valence-corrected chi connectivity index (χ3v) is 1.89. The summed E-state index contributed by atoms with van der Waals surface area (Å²) in [7, 11) is -6.19. The van der Waals surface area contributed by atoms with E-state index in [-0.39, 0.29) is 5.97 Å². The molecule has 0 aliphatic heterocycles. The van der Waals surface area contributed by atoms with E-state index in [0.717, 1.165) is 6.54 Å². The van der Waals surface area contributed by atoms with Crippen LogP contribution in [0.1, 0.15) is 6.92 Å². The molecule has 0 amide bonds. The molecule has 0 unspecified atom stereocenters. The van der Waals surface area contributed by atoms with Crippen molar-refractivity contribution >= 4 is 26.8 Å². The third kappa shape index (κ3) is 21.4. The zero-order chi connectivity index (χ0) is 17.3. The minimum absolute atomic E-state index is 0.313. The zero-order valence-electron chi connectivity index (χ0n) is 11.5. The maximum Gasteiger partial charge on any atom is 0.425 e. The number of carbonyl (C=O) groups is 1. The summed E-state index contributed by atoms with van der Waals surface area (Å²) in [6.45, 7) is 6.28. The van der Waals surface area contributed by atoms with Crippen LogP contribution in [0.3, 0.4) is 0 Å². The summed E-state index contributed by atoms with van der Waals surface area (Å²) < 4.78 is 63.7. The minimum Gasteiger partial charge on any atom is -0.461 e. The standard InChI is InChI=1S/C8H15NO2.H2O8S2/c1-7(2)8(10)11-6-5-9(3)4;1-9(2,3)7-8-10(4,5)6/h1,5-6H2,2-4H3;(H,1,2,3)(H,4,5,6). The number of carbonyl (C=O) groups excluding carboxylic acids is 1. The van der Waals surface area contributed by atoms with Crippen LogP contribution in [0.2, 0.25) is 0 Å². The Morgan fingerprint density at radius 2 is 1.48 bits per heavy atom. The van der Waals surface area contributed by atoms with E-state index < -0.39 is 20.8 Å². The van der Waals surface area contributed by atoms with E-state index in [1.807, 2.05) is 19.0 Å². The topological polar surface area (TPSA) is 157 Å². The second kappa shape index (κ2) is 9.78. The number of hydrogen-bond donors (Lipinski definition) is 2. The van der Waals surface area contributed by atoms with Gasteiger partial charge in [-0.15, -0.1) is 0 Å². The molecular formula is C8H17NO10S2. The van der Waals surface area contributed by atoms with Crippen LogP contribution in [0, 0.1) is 0 Å². The summed E-state index contributed by atoms with van der Waals surface area (Å²) in [6.07, 6.45) is 0. The molecule has 11 nitrogen and oxygen atoms in total. The quantitative estimate of drug-likeness (QED) is 0.195. The fraction of sp³-hybridized carbons (Fsp3) is 0.625. The van der Waals surface area contributed by atoms with E-state index in [9.17, 15) is 21.6 Å². The zero-order valence-corrected chi connectivity index (χ0v) is 13.2. The summed E-state index contributed by atoms with van der Waals surface area (Å²) >= 11 is 0. The van der Waals surface area contributed by atoms with E-state index in [2.05, 4.69) is 15.2 Å². The molecule has 0 aliphatic rings. The van der Waals surface area contributed by atoms with Gasteiger partial charge in [-0.2, -0.15) is 16.8 Å². The van der Waals surface area contributed by atoms with Crippen LogP contribution < -0.4 is 0 Å². The number of nitrogens with zero attached hydrogens (tertiary/aromatic N) is 1. The molecule has 0 rings (SSSR count). The van der Waals surface area contributed by atoms with Gasteiger partial charge in [0.25, 0.3) is 0 Å². The Balaban J connectivity index is 0. The average Bonchev–Trinajstić information content (AvgIpc) is 2.24. The lowest BCUT2D eigenvalue weighted by atomic mass is 10.4. The molecule has 0 aromatic rings. The highest BCUT2D eigenvalue weighted by molar-refractivity contribution is 7.83. The molecule has 21 heavy (non-hydrogen) atoms. The van der Waals surface area contributed by atoms with Crippen LogP contribution in [0.4, 0.5) is 0 Å². The molecule has 0 aromatic heterocycles. The van der Waals surface area contributed by atoms with Gasteiger partial charge in [-0.3, -0.25) is 9.11 Å². The van der Waals surface area contributed by atoms with E-state index in [4.69, 9.17) is 13.8 Å². The van der Waals surface area contributed by atoms with Crippen molar-refractivity contribution in [2.45, 2.75) is 6.92 Å². The minimum atomic E-state index is -5.02. The van der Waals surface area contributed by atoms with Crippen molar-refractivity contribution in [3.05, 3.63) is 12.2 Å². The van der Waals surface area contributed by atoms with Gasteiger partial charge in [-0.1, -0.05) is 15.2 Å². The lowest BCUT2D eigenvalue weighted by Crippen LogP contribution is -2.20. The smallest absolute Gasteiger partial charge is 0.425 e. The van der Waals surface area contributed by atoms with Crippen molar-refractivity contribution < 1.29 is 44.1 Å². The molecule has 0 atom stereocenters. The number of likely N-dealkylation sites (N-methyl/N-ethyl adjacent to an activating group) is 1. The largest absolute Gasteiger partial charge is 0.461 e. The summed E-state index contributed by atoms with van der Waals surface area (Å²) in [5, 5.41) is 0. The van der Waals surface area contributed by atoms with Crippen molar-refractivity contribution in [1.29, 1.82) is 0 Å². The van der Waals surface area contributed by atoms with Gasteiger partial charge in [-0.25, -0.2) is 4.79 Å².